The van der Waals surface area contributed by atoms with Crippen LogP contribution in [-0.2, 0) is 9.53 Å². The Morgan fingerprint density at radius 2 is 1.86 bits per heavy atom. The molecule has 1 saturated heterocycles. The summed E-state index contributed by atoms with van der Waals surface area (Å²) in [6.07, 6.45) is 4.01. The smallest absolute Gasteiger partial charge is 0.340 e. The number of amides is 1. The lowest BCUT2D eigenvalue weighted by Gasteiger charge is -2.35. The van der Waals surface area contributed by atoms with Crippen molar-refractivity contribution in [3.63, 3.8) is 0 Å². The van der Waals surface area contributed by atoms with Crippen LogP contribution in [0, 0.1) is 0 Å². The average Bonchev–Trinajstić information content (AvgIpc) is 2.77. The molecule has 1 heterocycles. The normalized spacial score (nSPS) is 16.7. The molecular weight excluding hydrogens is 370 g/mol. The first-order valence-corrected chi connectivity index (χ1v) is 9.85. The molecule has 0 unspecified atom stereocenters. The number of esters is 1. The fraction of sp³-hybridized carbons (Fsp3) is 0.364. The molecule has 1 aliphatic rings. The number of carbonyl (C=O) groups is 2. The van der Waals surface area contributed by atoms with Gasteiger partial charge in [0.05, 0.1) is 11.3 Å². The highest BCUT2D eigenvalue weighted by molar-refractivity contribution is 5.96. The van der Waals surface area contributed by atoms with Gasteiger partial charge in [-0.15, -0.1) is 5.11 Å². The highest BCUT2D eigenvalue weighted by Gasteiger charge is 2.26. The van der Waals surface area contributed by atoms with Gasteiger partial charge < -0.3 is 14.7 Å². The number of hydrogen-bond donors (Lipinski definition) is 1. The Morgan fingerprint density at radius 1 is 1.10 bits per heavy atom. The number of piperidine rings is 1. The SMILES string of the molecule is CC[C@@H]1CCCCN1C(=O)COC(=O)c1ccccc1N=Nc1ccc(O)cc1. The Bertz CT molecular complexity index is 880. The van der Waals surface area contributed by atoms with Crippen molar-refractivity contribution in [3.05, 3.63) is 54.1 Å². The summed E-state index contributed by atoms with van der Waals surface area (Å²) in [6, 6.07) is 13.1. The fourth-order valence-corrected chi connectivity index (χ4v) is 3.41. The minimum Gasteiger partial charge on any atom is -0.508 e. The zero-order chi connectivity index (χ0) is 20.6. The quantitative estimate of drug-likeness (QED) is 0.564. The van der Waals surface area contributed by atoms with Crippen LogP contribution in [0.25, 0.3) is 0 Å². The fourth-order valence-electron chi connectivity index (χ4n) is 3.41. The van der Waals surface area contributed by atoms with Gasteiger partial charge in [0.2, 0.25) is 0 Å². The topological polar surface area (TPSA) is 91.6 Å². The minimum absolute atomic E-state index is 0.136. The van der Waals surface area contributed by atoms with Crippen molar-refractivity contribution in [2.45, 2.75) is 38.6 Å². The molecule has 29 heavy (non-hydrogen) atoms. The lowest BCUT2D eigenvalue weighted by atomic mass is 10.00. The molecule has 1 atom stereocenters. The summed E-state index contributed by atoms with van der Waals surface area (Å²) in [4.78, 5) is 26.9. The van der Waals surface area contributed by atoms with Gasteiger partial charge in [-0.05, 0) is 62.1 Å². The van der Waals surface area contributed by atoms with E-state index in [1.165, 1.54) is 12.1 Å². The molecule has 7 nitrogen and oxygen atoms in total. The molecule has 2 aromatic rings. The van der Waals surface area contributed by atoms with Gasteiger partial charge in [-0.3, -0.25) is 4.79 Å². The molecule has 0 saturated carbocycles. The molecule has 1 aliphatic heterocycles. The maximum absolute atomic E-state index is 12.5. The number of hydrogen-bond acceptors (Lipinski definition) is 6. The lowest BCUT2D eigenvalue weighted by Crippen LogP contribution is -2.45. The van der Waals surface area contributed by atoms with Gasteiger partial charge in [0, 0.05) is 12.6 Å². The molecule has 0 aromatic heterocycles. The predicted molar refractivity (Wildman–Crippen MR) is 109 cm³/mol. The van der Waals surface area contributed by atoms with Crippen LogP contribution >= 0.6 is 0 Å². The molecule has 3 rings (SSSR count). The number of carbonyl (C=O) groups excluding carboxylic acids is 2. The summed E-state index contributed by atoms with van der Waals surface area (Å²) in [5, 5.41) is 17.5. The first kappa shape index (κ1) is 20.5. The highest BCUT2D eigenvalue weighted by Crippen LogP contribution is 2.24. The van der Waals surface area contributed by atoms with Gasteiger partial charge >= 0.3 is 5.97 Å². The number of phenols is 1. The molecule has 0 aliphatic carbocycles. The molecule has 7 heteroatoms. The Balaban J connectivity index is 1.65. The van der Waals surface area contributed by atoms with E-state index in [1.54, 1.807) is 36.4 Å². The second-order valence-corrected chi connectivity index (χ2v) is 6.95. The van der Waals surface area contributed by atoms with E-state index in [9.17, 15) is 14.7 Å². The van der Waals surface area contributed by atoms with E-state index in [4.69, 9.17) is 4.74 Å². The number of benzene rings is 2. The van der Waals surface area contributed by atoms with Gasteiger partial charge in [0.15, 0.2) is 6.61 Å². The van der Waals surface area contributed by atoms with Gasteiger partial charge in [0.25, 0.3) is 5.91 Å². The Labute approximate surface area is 170 Å². The van der Waals surface area contributed by atoms with Crippen LogP contribution in [0.4, 0.5) is 11.4 Å². The summed E-state index contributed by atoms with van der Waals surface area (Å²) >= 11 is 0. The van der Waals surface area contributed by atoms with Crippen molar-refractivity contribution >= 4 is 23.3 Å². The molecule has 0 spiro atoms. The first-order chi connectivity index (χ1) is 14.1. The maximum Gasteiger partial charge on any atom is 0.340 e. The van der Waals surface area contributed by atoms with E-state index >= 15 is 0 Å². The maximum atomic E-state index is 12.5. The Kier molecular flexibility index (Phi) is 6.94. The molecule has 1 fully saturated rings. The zero-order valence-electron chi connectivity index (χ0n) is 16.5. The average molecular weight is 395 g/mol. The third-order valence-electron chi connectivity index (χ3n) is 4.99. The highest BCUT2D eigenvalue weighted by atomic mass is 16.5. The summed E-state index contributed by atoms with van der Waals surface area (Å²) in [6.45, 7) is 2.50. The van der Waals surface area contributed by atoms with Crippen molar-refractivity contribution in [3.8, 4) is 5.75 Å². The number of likely N-dealkylation sites (tertiary alicyclic amines) is 1. The number of ether oxygens (including phenoxy) is 1. The molecule has 152 valence electrons. The van der Waals surface area contributed by atoms with Gasteiger partial charge in [-0.25, -0.2) is 4.79 Å². The summed E-state index contributed by atoms with van der Waals surface area (Å²) in [7, 11) is 0. The van der Waals surface area contributed by atoms with Crippen molar-refractivity contribution in [2.24, 2.45) is 10.2 Å². The number of phenolic OH excluding ortho intramolecular Hbond substituents is 1. The van der Waals surface area contributed by atoms with Crippen molar-refractivity contribution in [2.75, 3.05) is 13.2 Å². The third kappa shape index (κ3) is 5.40. The summed E-state index contributed by atoms with van der Waals surface area (Å²) < 4.78 is 5.28. The summed E-state index contributed by atoms with van der Waals surface area (Å²) in [5.41, 5.74) is 1.13. The lowest BCUT2D eigenvalue weighted by molar-refractivity contribution is -0.138. The minimum atomic E-state index is -0.608. The monoisotopic (exact) mass is 395 g/mol. The largest absolute Gasteiger partial charge is 0.508 e. The molecular formula is C22H25N3O4. The molecule has 0 bridgehead atoms. The van der Waals surface area contributed by atoms with E-state index in [-0.39, 0.29) is 29.9 Å². The van der Waals surface area contributed by atoms with Crippen LogP contribution in [-0.4, -0.2) is 41.1 Å². The Hall–Kier alpha value is -3.22. The van der Waals surface area contributed by atoms with E-state index in [0.717, 1.165) is 25.7 Å². The molecule has 2 aromatic carbocycles. The van der Waals surface area contributed by atoms with E-state index in [1.807, 2.05) is 4.90 Å². The second-order valence-electron chi connectivity index (χ2n) is 6.95. The van der Waals surface area contributed by atoms with Gasteiger partial charge in [-0.2, -0.15) is 5.11 Å². The van der Waals surface area contributed by atoms with Gasteiger partial charge in [-0.1, -0.05) is 19.1 Å². The van der Waals surface area contributed by atoms with Crippen LogP contribution < -0.4 is 0 Å². The van der Waals surface area contributed by atoms with Gasteiger partial charge in [0.1, 0.15) is 11.4 Å². The van der Waals surface area contributed by atoms with E-state index in [0.29, 0.717) is 17.9 Å². The second kappa shape index (κ2) is 9.82. The van der Waals surface area contributed by atoms with Crippen LogP contribution in [0.5, 0.6) is 5.75 Å². The van der Waals surface area contributed by atoms with Crippen molar-refractivity contribution in [1.82, 2.24) is 4.90 Å². The number of nitrogens with zero attached hydrogens (tertiary/aromatic N) is 3. The molecule has 1 N–H and O–H groups in total. The molecule has 0 radical (unpaired) electrons. The van der Waals surface area contributed by atoms with Crippen LogP contribution in [0.2, 0.25) is 0 Å². The third-order valence-corrected chi connectivity index (χ3v) is 4.99. The number of rotatable bonds is 6. The van der Waals surface area contributed by atoms with Crippen LogP contribution in [0.3, 0.4) is 0 Å². The number of aromatic hydroxyl groups is 1. The van der Waals surface area contributed by atoms with E-state index < -0.39 is 5.97 Å². The van der Waals surface area contributed by atoms with Crippen molar-refractivity contribution < 1.29 is 19.4 Å². The van der Waals surface area contributed by atoms with E-state index in [2.05, 4.69) is 17.2 Å². The molecule has 1 amide bonds. The summed E-state index contributed by atoms with van der Waals surface area (Å²) in [5.74, 6) is -0.631. The standard InChI is InChI=1S/C22H25N3O4/c1-2-17-7-5-6-14-25(17)21(27)15-29-22(28)19-8-3-4-9-20(19)24-23-16-10-12-18(26)13-11-16/h3-4,8-13,17,26H,2,5-7,14-15H2,1H3/t17-/m1/s1. The predicted octanol–water partition coefficient (Wildman–Crippen LogP) is 4.76. The first-order valence-electron chi connectivity index (χ1n) is 9.85. The van der Waals surface area contributed by atoms with Crippen LogP contribution in [0.1, 0.15) is 43.0 Å². The van der Waals surface area contributed by atoms with Crippen LogP contribution in [0.15, 0.2) is 58.8 Å². The Morgan fingerprint density at radius 3 is 2.62 bits per heavy atom. The van der Waals surface area contributed by atoms with Crippen molar-refractivity contribution in [1.29, 1.82) is 0 Å². The zero-order valence-corrected chi connectivity index (χ0v) is 16.5. The number of azo groups is 1.